The molecule has 17 heavy (non-hydrogen) atoms. The van der Waals surface area contributed by atoms with Crippen LogP contribution in [0.25, 0.3) is 21.5 Å². The Morgan fingerprint density at radius 2 is 1.35 bits per heavy atom. The molecule has 0 atom stereocenters. The van der Waals surface area contributed by atoms with Crippen molar-refractivity contribution in [1.29, 1.82) is 0 Å². The Morgan fingerprint density at radius 3 is 2.18 bits per heavy atom. The summed E-state index contributed by atoms with van der Waals surface area (Å²) in [6, 6.07) is 13.6. The van der Waals surface area contributed by atoms with Crippen LogP contribution in [0.2, 0.25) is 15.1 Å². The zero-order valence-electron chi connectivity index (χ0n) is 8.68. The van der Waals surface area contributed by atoms with Crippen molar-refractivity contribution < 1.29 is 0 Å². The molecule has 0 fully saturated rings. The smallest absolute Gasteiger partial charge is 0.0676 e. The van der Waals surface area contributed by atoms with Gasteiger partial charge < -0.3 is 0 Å². The van der Waals surface area contributed by atoms with Gasteiger partial charge in [0.15, 0.2) is 0 Å². The van der Waals surface area contributed by atoms with E-state index in [1.807, 2.05) is 36.4 Å². The second-order valence-corrected chi connectivity index (χ2v) is 5.11. The molecule has 84 valence electrons. The van der Waals surface area contributed by atoms with E-state index in [1.165, 1.54) is 0 Å². The Kier molecular flexibility index (Phi) is 2.67. The van der Waals surface area contributed by atoms with Gasteiger partial charge in [0.1, 0.15) is 0 Å². The lowest BCUT2D eigenvalue weighted by Crippen LogP contribution is -1.80. The Balaban J connectivity index is 2.61. The second kappa shape index (κ2) is 4.06. The fraction of sp³-hybridized carbons (Fsp3) is 0. The molecule has 0 aromatic heterocycles. The summed E-state index contributed by atoms with van der Waals surface area (Å²) in [5, 5.41) is 5.99. The van der Waals surface area contributed by atoms with Gasteiger partial charge in [0, 0.05) is 10.4 Å². The van der Waals surface area contributed by atoms with Gasteiger partial charge in [-0.15, -0.1) is 0 Å². The highest BCUT2D eigenvalue weighted by Gasteiger charge is 2.08. The van der Waals surface area contributed by atoms with E-state index < -0.39 is 0 Å². The first-order valence-electron chi connectivity index (χ1n) is 5.13. The second-order valence-electron chi connectivity index (χ2n) is 3.89. The Morgan fingerprint density at radius 1 is 0.706 bits per heavy atom. The predicted molar refractivity (Wildman–Crippen MR) is 76.5 cm³/mol. The molecule has 0 N–H and O–H groups in total. The molecule has 0 saturated heterocycles. The van der Waals surface area contributed by atoms with Crippen LogP contribution in [0.15, 0.2) is 42.5 Å². The lowest BCUT2D eigenvalue weighted by Gasteiger charge is -2.07. The van der Waals surface area contributed by atoms with Crippen LogP contribution in [0, 0.1) is 0 Å². The molecule has 0 nitrogen and oxygen atoms in total. The SMILES string of the molecule is Clc1ccc2ccc3ccc(Cl)c(Cl)c3c2c1. The Bertz CT molecular complexity index is 732. The maximum Gasteiger partial charge on any atom is 0.0676 e. The quantitative estimate of drug-likeness (QED) is 0.446. The largest absolute Gasteiger partial charge is 0.0843 e. The predicted octanol–water partition coefficient (Wildman–Crippen LogP) is 5.95. The van der Waals surface area contributed by atoms with Crippen molar-refractivity contribution in [2.24, 2.45) is 0 Å². The minimum absolute atomic E-state index is 0.562. The van der Waals surface area contributed by atoms with Gasteiger partial charge in [0.05, 0.1) is 10.0 Å². The van der Waals surface area contributed by atoms with E-state index in [-0.39, 0.29) is 0 Å². The van der Waals surface area contributed by atoms with Gasteiger partial charge in [-0.25, -0.2) is 0 Å². The molecule has 0 unspecified atom stereocenters. The summed E-state index contributed by atoms with van der Waals surface area (Å²) in [6.45, 7) is 0. The van der Waals surface area contributed by atoms with Gasteiger partial charge in [-0.2, -0.15) is 0 Å². The molecule has 3 rings (SSSR count). The van der Waals surface area contributed by atoms with E-state index in [9.17, 15) is 0 Å². The average molecular weight is 282 g/mol. The minimum atomic E-state index is 0.562. The normalized spacial score (nSPS) is 11.2. The van der Waals surface area contributed by atoms with Crippen LogP contribution in [0.4, 0.5) is 0 Å². The van der Waals surface area contributed by atoms with Crippen LogP contribution in [-0.4, -0.2) is 0 Å². The zero-order chi connectivity index (χ0) is 12.0. The number of fused-ring (bicyclic) bond motifs is 3. The van der Waals surface area contributed by atoms with Crippen LogP contribution in [0.3, 0.4) is 0 Å². The van der Waals surface area contributed by atoms with E-state index in [4.69, 9.17) is 34.8 Å². The van der Waals surface area contributed by atoms with Gasteiger partial charge in [0.2, 0.25) is 0 Å². The third-order valence-electron chi connectivity index (χ3n) is 2.85. The van der Waals surface area contributed by atoms with Crippen LogP contribution in [0.1, 0.15) is 0 Å². The van der Waals surface area contributed by atoms with Crippen molar-refractivity contribution in [3.8, 4) is 0 Å². The molecular weight excluding hydrogens is 275 g/mol. The van der Waals surface area contributed by atoms with E-state index in [1.54, 1.807) is 0 Å². The molecule has 0 saturated carbocycles. The lowest BCUT2D eigenvalue weighted by molar-refractivity contribution is 1.76. The third kappa shape index (κ3) is 1.77. The van der Waals surface area contributed by atoms with Crippen molar-refractivity contribution in [3.63, 3.8) is 0 Å². The van der Waals surface area contributed by atoms with Crippen molar-refractivity contribution >= 4 is 56.3 Å². The van der Waals surface area contributed by atoms with Gasteiger partial charge in [-0.1, -0.05) is 59.1 Å². The van der Waals surface area contributed by atoms with Gasteiger partial charge in [0.25, 0.3) is 0 Å². The number of hydrogen-bond donors (Lipinski definition) is 0. The Labute approximate surface area is 114 Å². The fourth-order valence-electron chi connectivity index (χ4n) is 2.05. The summed E-state index contributed by atoms with van der Waals surface area (Å²) >= 11 is 18.4. The van der Waals surface area contributed by atoms with Crippen LogP contribution in [-0.2, 0) is 0 Å². The first kappa shape index (κ1) is 11.2. The summed E-state index contributed by atoms with van der Waals surface area (Å²) in [5.41, 5.74) is 0. The van der Waals surface area contributed by atoms with E-state index in [2.05, 4.69) is 6.07 Å². The van der Waals surface area contributed by atoms with Crippen LogP contribution < -0.4 is 0 Å². The minimum Gasteiger partial charge on any atom is -0.0843 e. The molecule has 3 aromatic carbocycles. The zero-order valence-corrected chi connectivity index (χ0v) is 10.9. The van der Waals surface area contributed by atoms with E-state index in [0.717, 1.165) is 21.5 Å². The molecule has 0 aliphatic carbocycles. The van der Waals surface area contributed by atoms with E-state index >= 15 is 0 Å². The molecule has 0 bridgehead atoms. The highest BCUT2D eigenvalue weighted by Crippen LogP contribution is 2.36. The van der Waals surface area contributed by atoms with Crippen LogP contribution in [0.5, 0.6) is 0 Å². The standard InChI is InChI=1S/C14H7Cl3/c15-10-5-3-8-1-2-9-4-6-12(16)14(17)13(9)11(8)7-10/h1-7H. The van der Waals surface area contributed by atoms with E-state index in [0.29, 0.717) is 15.1 Å². The first-order chi connectivity index (χ1) is 8.16. The molecule has 3 aromatic rings. The van der Waals surface area contributed by atoms with Gasteiger partial charge in [-0.3, -0.25) is 0 Å². The van der Waals surface area contributed by atoms with Gasteiger partial charge >= 0.3 is 0 Å². The van der Waals surface area contributed by atoms with Crippen molar-refractivity contribution in [2.75, 3.05) is 0 Å². The highest BCUT2D eigenvalue weighted by molar-refractivity contribution is 6.46. The molecule has 0 aliphatic heterocycles. The number of halogens is 3. The monoisotopic (exact) mass is 280 g/mol. The molecule has 3 heteroatoms. The molecule has 0 spiro atoms. The number of hydrogen-bond acceptors (Lipinski definition) is 0. The molecule has 0 heterocycles. The molecule has 0 amide bonds. The summed E-state index contributed by atoms with van der Waals surface area (Å²) in [5.74, 6) is 0. The highest BCUT2D eigenvalue weighted by atomic mass is 35.5. The molecular formula is C14H7Cl3. The summed E-state index contributed by atoms with van der Waals surface area (Å²) in [6.07, 6.45) is 0. The maximum atomic E-state index is 6.28. The van der Waals surface area contributed by atoms with Crippen LogP contribution >= 0.6 is 34.8 Å². The topological polar surface area (TPSA) is 0 Å². The maximum absolute atomic E-state index is 6.28. The third-order valence-corrected chi connectivity index (χ3v) is 3.89. The summed E-state index contributed by atoms with van der Waals surface area (Å²) in [4.78, 5) is 0. The van der Waals surface area contributed by atoms with Crippen molar-refractivity contribution in [2.45, 2.75) is 0 Å². The number of benzene rings is 3. The average Bonchev–Trinajstić information content (AvgIpc) is 2.33. The molecule has 0 radical (unpaired) electrons. The first-order valence-corrected chi connectivity index (χ1v) is 6.26. The number of rotatable bonds is 0. The molecule has 0 aliphatic rings. The van der Waals surface area contributed by atoms with Crippen molar-refractivity contribution in [1.82, 2.24) is 0 Å². The van der Waals surface area contributed by atoms with Crippen molar-refractivity contribution in [3.05, 3.63) is 57.5 Å². The summed E-state index contributed by atoms with van der Waals surface area (Å²) < 4.78 is 0. The fourth-order valence-corrected chi connectivity index (χ4v) is 2.65. The summed E-state index contributed by atoms with van der Waals surface area (Å²) in [7, 11) is 0. The lowest BCUT2D eigenvalue weighted by atomic mass is 10.0. The Hall–Kier alpha value is -0.950. The van der Waals surface area contributed by atoms with Gasteiger partial charge in [-0.05, 0) is 34.4 Å².